The Bertz CT molecular complexity index is 541. The van der Waals surface area contributed by atoms with Gasteiger partial charge in [0, 0.05) is 6.04 Å². The number of hydrogen-bond donors (Lipinski definition) is 1. The van der Waals surface area contributed by atoms with Crippen LogP contribution in [-0.4, -0.2) is 32.1 Å². The molecule has 0 saturated heterocycles. The van der Waals surface area contributed by atoms with E-state index in [0.717, 1.165) is 10.0 Å². The highest BCUT2D eigenvalue weighted by Gasteiger charge is 2.17. The lowest BCUT2D eigenvalue weighted by atomic mass is 10.1. The van der Waals surface area contributed by atoms with Gasteiger partial charge in [-0.05, 0) is 54.8 Å². The van der Waals surface area contributed by atoms with Gasteiger partial charge >= 0.3 is 0 Å². The average molecular weight is 364 g/mol. The highest BCUT2D eigenvalue weighted by molar-refractivity contribution is 9.10. The third-order valence-electron chi connectivity index (χ3n) is 2.92. The van der Waals surface area contributed by atoms with Crippen LogP contribution in [0.25, 0.3) is 0 Å². The highest BCUT2D eigenvalue weighted by Crippen LogP contribution is 2.30. The van der Waals surface area contributed by atoms with Crippen LogP contribution in [0.15, 0.2) is 22.7 Å². The van der Waals surface area contributed by atoms with Crippen molar-refractivity contribution in [2.24, 2.45) is 5.73 Å². The highest BCUT2D eigenvalue weighted by atomic mass is 79.9. The van der Waals surface area contributed by atoms with Gasteiger partial charge in [0.1, 0.15) is 12.4 Å². The van der Waals surface area contributed by atoms with E-state index in [9.17, 15) is 8.42 Å². The molecule has 0 aliphatic rings. The van der Waals surface area contributed by atoms with Crippen molar-refractivity contribution >= 4 is 25.8 Å². The van der Waals surface area contributed by atoms with Crippen LogP contribution in [-0.2, 0) is 16.3 Å². The van der Waals surface area contributed by atoms with Gasteiger partial charge in [-0.25, -0.2) is 8.42 Å². The fourth-order valence-electron chi connectivity index (χ4n) is 1.72. The lowest BCUT2D eigenvalue weighted by Gasteiger charge is -2.15. The summed E-state index contributed by atoms with van der Waals surface area (Å²) in [5.41, 5.74) is 6.80. The summed E-state index contributed by atoms with van der Waals surface area (Å²) in [6, 6.07) is 5.75. The lowest BCUT2D eigenvalue weighted by Crippen LogP contribution is -2.23. The number of halogens is 1. The van der Waals surface area contributed by atoms with E-state index in [2.05, 4.69) is 15.9 Å². The largest absolute Gasteiger partial charge is 0.491 e. The smallest absolute Gasteiger partial charge is 0.155 e. The number of benzene rings is 1. The number of hydrogen-bond acceptors (Lipinski definition) is 4. The maximum absolute atomic E-state index is 11.8. The minimum Gasteiger partial charge on any atom is -0.491 e. The predicted octanol–water partition coefficient (Wildman–Crippen LogP) is 2.54. The first-order valence-electron chi connectivity index (χ1n) is 6.61. The molecule has 1 atom stereocenters. The minimum absolute atomic E-state index is 0.0175. The second kappa shape index (κ2) is 7.43. The summed E-state index contributed by atoms with van der Waals surface area (Å²) in [4.78, 5) is 0. The van der Waals surface area contributed by atoms with Crippen LogP contribution in [0, 0.1) is 0 Å². The van der Waals surface area contributed by atoms with E-state index in [1.165, 1.54) is 0 Å². The van der Waals surface area contributed by atoms with Crippen molar-refractivity contribution in [2.45, 2.75) is 38.5 Å². The zero-order valence-electron chi connectivity index (χ0n) is 12.1. The summed E-state index contributed by atoms with van der Waals surface area (Å²) < 4.78 is 30.0. The molecule has 0 radical (unpaired) electrons. The fourth-order valence-corrected chi connectivity index (χ4v) is 3.03. The molecule has 114 valence electrons. The lowest BCUT2D eigenvalue weighted by molar-refractivity contribution is 0.334. The first-order valence-corrected chi connectivity index (χ1v) is 9.12. The topological polar surface area (TPSA) is 69.4 Å². The van der Waals surface area contributed by atoms with E-state index in [1.54, 1.807) is 13.8 Å². The molecule has 0 amide bonds. The third kappa shape index (κ3) is 5.07. The molecule has 2 N–H and O–H groups in total. The minimum atomic E-state index is -3.08. The first-order chi connectivity index (χ1) is 9.24. The van der Waals surface area contributed by atoms with E-state index < -0.39 is 9.84 Å². The number of rotatable bonds is 7. The number of para-hydroxylation sites is 1. The van der Waals surface area contributed by atoms with Gasteiger partial charge in [0.2, 0.25) is 0 Å². The molecule has 0 fully saturated rings. The van der Waals surface area contributed by atoms with Crippen molar-refractivity contribution in [3.63, 3.8) is 0 Å². The summed E-state index contributed by atoms with van der Waals surface area (Å²) >= 11 is 3.43. The molecule has 20 heavy (non-hydrogen) atoms. The summed E-state index contributed by atoms with van der Waals surface area (Å²) in [6.07, 6.45) is 0.686. The molecule has 1 aromatic rings. The Balaban J connectivity index is 2.77. The van der Waals surface area contributed by atoms with Gasteiger partial charge in [-0.3, -0.25) is 0 Å². The molecular weight excluding hydrogens is 342 g/mol. The Morgan fingerprint density at radius 3 is 2.50 bits per heavy atom. The van der Waals surface area contributed by atoms with Crippen LogP contribution in [0.5, 0.6) is 5.75 Å². The molecule has 1 unspecified atom stereocenters. The molecule has 4 nitrogen and oxygen atoms in total. The molecule has 1 aromatic carbocycles. The molecule has 0 spiro atoms. The Labute approximate surface area is 129 Å². The maximum Gasteiger partial charge on any atom is 0.155 e. The molecule has 6 heteroatoms. The van der Waals surface area contributed by atoms with Crippen LogP contribution >= 0.6 is 15.9 Å². The van der Waals surface area contributed by atoms with E-state index >= 15 is 0 Å². The third-order valence-corrected chi connectivity index (χ3v) is 5.72. The van der Waals surface area contributed by atoms with Gasteiger partial charge in [0.25, 0.3) is 0 Å². The van der Waals surface area contributed by atoms with Gasteiger partial charge < -0.3 is 10.5 Å². The van der Waals surface area contributed by atoms with E-state index in [1.807, 2.05) is 25.1 Å². The molecule has 1 rings (SSSR count). The van der Waals surface area contributed by atoms with Crippen LogP contribution in [0.3, 0.4) is 0 Å². The second-order valence-corrected chi connectivity index (χ2v) is 8.70. The van der Waals surface area contributed by atoms with Gasteiger partial charge in [-0.2, -0.15) is 0 Å². The van der Waals surface area contributed by atoms with Crippen LogP contribution < -0.4 is 10.5 Å². The predicted molar refractivity (Wildman–Crippen MR) is 85.9 cm³/mol. The number of ether oxygens (including phenoxy) is 1. The van der Waals surface area contributed by atoms with E-state index in [0.29, 0.717) is 12.2 Å². The Morgan fingerprint density at radius 2 is 1.95 bits per heavy atom. The molecule has 0 bridgehead atoms. The zero-order valence-corrected chi connectivity index (χ0v) is 14.5. The van der Waals surface area contributed by atoms with Crippen molar-refractivity contribution < 1.29 is 13.2 Å². The first kappa shape index (κ1) is 17.5. The van der Waals surface area contributed by atoms with Gasteiger partial charge in [0.15, 0.2) is 9.84 Å². The second-order valence-electron chi connectivity index (χ2n) is 5.17. The molecule has 0 saturated carbocycles. The monoisotopic (exact) mass is 363 g/mol. The molecule has 0 heterocycles. The summed E-state index contributed by atoms with van der Waals surface area (Å²) in [5, 5.41) is -0.381. The van der Waals surface area contributed by atoms with Crippen LogP contribution in [0.4, 0.5) is 0 Å². The standard InChI is InChI=1S/C14H22BrNO3S/c1-10(2)20(17,18)8-7-19-14-12(9-11(3)16)5-4-6-13(14)15/h4-6,10-11H,7-9,16H2,1-3H3. The molecular formula is C14H22BrNO3S. The molecule has 0 aromatic heterocycles. The summed E-state index contributed by atoms with van der Waals surface area (Å²) in [6.45, 7) is 5.42. The van der Waals surface area contributed by atoms with E-state index in [4.69, 9.17) is 10.5 Å². The maximum atomic E-state index is 11.8. The van der Waals surface area contributed by atoms with Crippen molar-refractivity contribution in [1.82, 2.24) is 0 Å². The average Bonchev–Trinajstić information content (AvgIpc) is 2.31. The van der Waals surface area contributed by atoms with Crippen molar-refractivity contribution in [2.75, 3.05) is 12.4 Å². The van der Waals surface area contributed by atoms with Gasteiger partial charge in [-0.15, -0.1) is 0 Å². The Morgan fingerprint density at radius 1 is 1.30 bits per heavy atom. The van der Waals surface area contributed by atoms with Crippen molar-refractivity contribution in [1.29, 1.82) is 0 Å². The fraction of sp³-hybridized carbons (Fsp3) is 0.571. The Kier molecular flexibility index (Phi) is 6.48. The SMILES string of the molecule is CC(N)Cc1cccc(Br)c1OCCS(=O)(=O)C(C)C. The molecule has 0 aliphatic carbocycles. The van der Waals surface area contributed by atoms with Crippen molar-refractivity contribution in [3.8, 4) is 5.75 Å². The van der Waals surface area contributed by atoms with Crippen molar-refractivity contribution in [3.05, 3.63) is 28.2 Å². The number of sulfone groups is 1. The van der Waals surface area contributed by atoms with E-state index in [-0.39, 0.29) is 23.7 Å². The van der Waals surface area contributed by atoms with Gasteiger partial charge in [0.05, 0.1) is 15.5 Å². The van der Waals surface area contributed by atoms with Crippen LogP contribution in [0.1, 0.15) is 26.3 Å². The van der Waals surface area contributed by atoms with Gasteiger partial charge in [-0.1, -0.05) is 12.1 Å². The normalized spacial score (nSPS) is 13.5. The molecule has 0 aliphatic heterocycles. The zero-order chi connectivity index (χ0) is 15.3. The number of nitrogens with two attached hydrogens (primary N) is 1. The summed E-state index contributed by atoms with van der Waals surface area (Å²) in [7, 11) is -3.08. The van der Waals surface area contributed by atoms with Crippen LogP contribution in [0.2, 0.25) is 0 Å². The summed E-state index contributed by atoms with van der Waals surface area (Å²) in [5.74, 6) is 0.702. The Hall–Kier alpha value is -0.590. The quantitative estimate of drug-likeness (QED) is 0.807.